The highest BCUT2D eigenvalue weighted by atomic mass is 15.0. The van der Waals surface area contributed by atoms with Gasteiger partial charge in [0.25, 0.3) is 0 Å². The second-order valence-electron chi connectivity index (χ2n) is 4.70. The Kier molecular flexibility index (Phi) is 3.56. The molecule has 1 aromatic heterocycles. The van der Waals surface area contributed by atoms with Gasteiger partial charge in [-0.1, -0.05) is 6.92 Å². The Labute approximate surface area is 97.5 Å². The van der Waals surface area contributed by atoms with Crippen molar-refractivity contribution >= 4 is 0 Å². The van der Waals surface area contributed by atoms with Gasteiger partial charge in [0.1, 0.15) is 0 Å². The number of hydrogen-bond donors (Lipinski definition) is 2. The molecule has 2 rings (SSSR count). The first-order valence-electron chi connectivity index (χ1n) is 6.17. The Bertz CT molecular complexity index is 339. The molecule has 0 aliphatic heterocycles. The largest absolute Gasteiger partial charge is 0.325 e. The van der Waals surface area contributed by atoms with E-state index in [1.54, 1.807) is 0 Å². The Morgan fingerprint density at radius 2 is 2.31 bits per heavy atom. The lowest BCUT2D eigenvalue weighted by atomic mass is 9.75. The summed E-state index contributed by atoms with van der Waals surface area (Å²) in [4.78, 5) is 4.20. The lowest BCUT2D eigenvalue weighted by Gasteiger charge is -2.42. The molecule has 3 nitrogen and oxygen atoms in total. The summed E-state index contributed by atoms with van der Waals surface area (Å²) in [5.41, 5.74) is 8.25. The summed E-state index contributed by atoms with van der Waals surface area (Å²) in [5.74, 6) is 0. The molecule has 0 unspecified atom stereocenters. The highest BCUT2D eigenvalue weighted by Crippen LogP contribution is 2.34. The summed E-state index contributed by atoms with van der Waals surface area (Å²) >= 11 is 0. The molecule has 1 aromatic rings. The molecule has 0 atom stereocenters. The van der Waals surface area contributed by atoms with Crippen molar-refractivity contribution in [3.8, 4) is 0 Å². The van der Waals surface area contributed by atoms with Crippen molar-refractivity contribution in [2.75, 3.05) is 0 Å². The van der Waals surface area contributed by atoms with E-state index in [0.29, 0.717) is 12.1 Å². The number of nitrogens with one attached hydrogen (secondary N) is 1. The highest BCUT2D eigenvalue weighted by Gasteiger charge is 2.34. The number of hydrogen-bond acceptors (Lipinski definition) is 3. The van der Waals surface area contributed by atoms with E-state index in [0.717, 1.165) is 12.2 Å². The van der Waals surface area contributed by atoms with Crippen molar-refractivity contribution in [2.24, 2.45) is 5.73 Å². The standard InChI is InChI=1S/C13H21N3/c1-2-13(5-3-6-13)16-10-11-4-7-15-12(8-11)9-14/h4,7-8,16H,2-3,5-6,9-10,14H2,1H3. The van der Waals surface area contributed by atoms with Crippen LogP contribution in [0.15, 0.2) is 18.3 Å². The van der Waals surface area contributed by atoms with Crippen LogP contribution in [-0.4, -0.2) is 10.5 Å². The fourth-order valence-corrected chi connectivity index (χ4v) is 2.30. The minimum absolute atomic E-state index is 0.409. The first-order valence-corrected chi connectivity index (χ1v) is 6.17. The third kappa shape index (κ3) is 2.42. The molecule has 16 heavy (non-hydrogen) atoms. The van der Waals surface area contributed by atoms with E-state index in [2.05, 4.69) is 29.4 Å². The molecular weight excluding hydrogens is 198 g/mol. The van der Waals surface area contributed by atoms with Crippen molar-refractivity contribution in [3.63, 3.8) is 0 Å². The third-order valence-corrected chi connectivity index (χ3v) is 3.75. The summed E-state index contributed by atoms with van der Waals surface area (Å²) in [6.07, 6.45) is 7.07. The molecule has 0 bridgehead atoms. The maximum atomic E-state index is 5.58. The first kappa shape index (κ1) is 11.6. The number of nitrogens with zero attached hydrogens (tertiary/aromatic N) is 1. The van der Waals surface area contributed by atoms with Gasteiger partial charge in [-0.25, -0.2) is 0 Å². The predicted molar refractivity (Wildman–Crippen MR) is 65.8 cm³/mol. The van der Waals surface area contributed by atoms with Gasteiger partial charge < -0.3 is 11.1 Å². The summed E-state index contributed by atoms with van der Waals surface area (Å²) in [7, 11) is 0. The SMILES string of the molecule is CCC1(NCc2ccnc(CN)c2)CCC1. The Balaban J connectivity index is 1.93. The highest BCUT2D eigenvalue weighted by molar-refractivity contribution is 5.16. The molecule has 0 radical (unpaired) electrons. The topological polar surface area (TPSA) is 50.9 Å². The lowest BCUT2D eigenvalue weighted by Crippen LogP contribution is -2.49. The van der Waals surface area contributed by atoms with Crippen LogP contribution in [0.1, 0.15) is 43.9 Å². The van der Waals surface area contributed by atoms with Crippen molar-refractivity contribution < 1.29 is 0 Å². The van der Waals surface area contributed by atoms with E-state index in [1.807, 2.05) is 6.20 Å². The van der Waals surface area contributed by atoms with Crippen LogP contribution in [0.2, 0.25) is 0 Å². The maximum absolute atomic E-state index is 5.58. The van der Waals surface area contributed by atoms with Gasteiger partial charge in [0, 0.05) is 24.8 Å². The molecule has 0 amide bonds. The van der Waals surface area contributed by atoms with E-state index in [4.69, 9.17) is 5.73 Å². The molecule has 1 aliphatic carbocycles. The van der Waals surface area contributed by atoms with Crippen LogP contribution in [0.4, 0.5) is 0 Å². The minimum atomic E-state index is 0.409. The smallest absolute Gasteiger partial charge is 0.0542 e. The van der Waals surface area contributed by atoms with Gasteiger partial charge in [0.05, 0.1) is 5.69 Å². The number of aromatic nitrogens is 1. The van der Waals surface area contributed by atoms with Gasteiger partial charge >= 0.3 is 0 Å². The van der Waals surface area contributed by atoms with Crippen molar-refractivity contribution in [1.82, 2.24) is 10.3 Å². The molecule has 0 spiro atoms. The summed E-state index contributed by atoms with van der Waals surface area (Å²) in [6.45, 7) is 3.72. The molecule has 1 heterocycles. The number of nitrogens with two attached hydrogens (primary N) is 1. The van der Waals surface area contributed by atoms with Gasteiger partial charge in [-0.3, -0.25) is 4.98 Å². The second kappa shape index (κ2) is 4.93. The van der Waals surface area contributed by atoms with Crippen LogP contribution in [0.5, 0.6) is 0 Å². The molecule has 0 aromatic carbocycles. The quantitative estimate of drug-likeness (QED) is 0.796. The fraction of sp³-hybridized carbons (Fsp3) is 0.615. The van der Waals surface area contributed by atoms with Gasteiger partial charge in [-0.2, -0.15) is 0 Å². The van der Waals surface area contributed by atoms with E-state index in [9.17, 15) is 0 Å². The molecule has 1 fully saturated rings. The number of pyridine rings is 1. The molecule has 0 saturated heterocycles. The first-order chi connectivity index (χ1) is 7.78. The molecule has 1 saturated carbocycles. The van der Waals surface area contributed by atoms with E-state index in [1.165, 1.54) is 31.2 Å². The zero-order valence-electron chi connectivity index (χ0n) is 10.00. The van der Waals surface area contributed by atoms with E-state index >= 15 is 0 Å². The van der Waals surface area contributed by atoms with Crippen LogP contribution < -0.4 is 11.1 Å². The van der Waals surface area contributed by atoms with Gasteiger partial charge in [-0.05, 0) is 43.4 Å². The van der Waals surface area contributed by atoms with Crippen LogP contribution in [0.25, 0.3) is 0 Å². The normalized spacial score (nSPS) is 18.1. The Morgan fingerprint density at radius 1 is 1.50 bits per heavy atom. The van der Waals surface area contributed by atoms with Crippen molar-refractivity contribution in [3.05, 3.63) is 29.6 Å². The fourth-order valence-electron chi connectivity index (χ4n) is 2.30. The minimum Gasteiger partial charge on any atom is -0.325 e. The molecule has 3 N–H and O–H groups in total. The second-order valence-corrected chi connectivity index (χ2v) is 4.70. The van der Waals surface area contributed by atoms with Gasteiger partial charge in [-0.15, -0.1) is 0 Å². The van der Waals surface area contributed by atoms with E-state index in [-0.39, 0.29) is 0 Å². The Hall–Kier alpha value is -0.930. The molecule has 88 valence electrons. The monoisotopic (exact) mass is 219 g/mol. The third-order valence-electron chi connectivity index (χ3n) is 3.75. The molecule has 3 heteroatoms. The molecular formula is C13H21N3. The van der Waals surface area contributed by atoms with Crippen LogP contribution in [-0.2, 0) is 13.1 Å². The van der Waals surface area contributed by atoms with E-state index < -0.39 is 0 Å². The van der Waals surface area contributed by atoms with Crippen LogP contribution in [0.3, 0.4) is 0 Å². The zero-order chi connectivity index (χ0) is 11.4. The average molecular weight is 219 g/mol. The van der Waals surface area contributed by atoms with Gasteiger partial charge in [0.2, 0.25) is 0 Å². The zero-order valence-corrected chi connectivity index (χ0v) is 10.00. The van der Waals surface area contributed by atoms with Crippen LogP contribution in [0, 0.1) is 0 Å². The van der Waals surface area contributed by atoms with Crippen molar-refractivity contribution in [1.29, 1.82) is 0 Å². The predicted octanol–water partition coefficient (Wildman–Crippen LogP) is 1.96. The summed E-state index contributed by atoms with van der Waals surface area (Å²) in [5, 5.41) is 3.68. The van der Waals surface area contributed by atoms with Crippen LogP contribution >= 0.6 is 0 Å². The summed E-state index contributed by atoms with van der Waals surface area (Å²) in [6, 6.07) is 4.16. The summed E-state index contributed by atoms with van der Waals surface area (Å²) < 4.78 is 0. The Morgan fingerprint density at radius 3 is 2.88 bits per heavy atom. The average Bonchev–Trinajstić information content (AvgIpc) is 2.29. The number of rotatable bonds is 5. The van der Waals surface area contributed by atoms with Gasteiger partial charge in [0.15, 0.2) is 0 Å². The molecule has 1 aliphatic rings. The lowest BCUT2D eigenvalue weighted by molar-refractivity contribution is 0.175. The maximum Gasteiger partial charge on any atom is 0.0542 e. The van der Waals surface area contributed by atoms with Crippen molar-refractivity contribution in [2.45, 2.75) is 51.2 Å².